The van der Waals surface area contributed by atoms with Crippen LogP contribution in [0.5, 0.6) is 0 Å². The summed E-state index contributed by atoms with van der Waals surface area (Å²) in [5.41, 5.74) is 0.684. The quantitative estimate of drug-likeness (QED) is 0.841. The van der Waals surface area contributed by atoms with E-state index < -0.39 is 0 Å². The molecule has 5 heteroatoms. The Hall–Kier alpha value is -0.320. The Morgan fingerprint density at radius 1 is 1.50 bits per heavy atom. The number of anilines is 1. The van der Waals surface area contributed by atoms with E-state index in [-0.39, 0.29) is 11.9 Å². The average molecular weight is 281 g/mol. The van der Waals surface area contributed by atoms with Gasteiger partial charge in [0.15, 0.2) is 0 Å². The SMILES string of the molecule is Fc1cc(NC2COC2)cc(Cl)c1Br. The van der Waals surface area contributed by atoms with Crippen LogP contribution in [0.4, 0.5) is 10.1 Å². The molecule has 2 rings (SSSR count). The highest BCUT2D eigenvalue weighted by molar-refractivity contribution is 9.10. The van der Waals surface area contributed by atoms with Crippen molar-refractivity contribution >= 4 is 33.2 Å². The van der Waals surface area contributed by atoms with Gasteiger partial charge in [0.1, 0.15) is 5.82 Å². The monoisotopic (exact) mass is 279 g/mol. The summed E-state index contributed by atoms with van der Waals surface area (Å²) in [4.78, 5) is 0. The summed E-state index contributed by atoms with van der Waals surface area (Å²) in [6.45, 7) is 1.32. The van der Waals surface area contributed by atoms with Crippen molar-refractivity contribution in [3.63, 3.8) is 0 Å². The van der Waals surface area contributed by atoms with Crippen LogP contribution in [0.3, 0.4) is 0 Å². The van der Waals surface area contributed by atoms with Crippen LogP contribution in [0, 0.1) is 5.82 Å². The van der Waals surface area contributed by atoms with E-state index in [0.717, 1.165) is 0 Å². The van der Waals surface area contributed by atoms with E-state index in [0.29, 0.717) is 28.4 Å². The fourth-order valence-electron chi connectivity index (χ4n) is 1.19. The topological polar surface area (TPSA) is 21.3 Å². The summed E-state index contributed by atoms with van der Waals surface area (Å²) in [6, 6.07) is 3.37. The Morgan fingerprint density at radius 3 is 2.71 bits per heavy atom. The normalized spacial score (nSPS) is 16.5. The van der Waals surface area contributed by atoms with Crippen molar-refractivity contribution in [2.45, 2.75) is 6.04 Å². The van der Waals surface area contributed by atoms with E-state index >= 15 is 0 Å². The van der Waals surface area contributed by atoms with Crippen LogP contribution in [0.1, 0.15) is 0 Å². The highest BCUT2D eigenvalue weighted by Gasteiger charge is 2.18. The Labute approximate surface area is 94.5 Å². The molecule has 0 amide bonds. The maximum atomic E-state index is 13.2. The zero-order chi connectivity index (χ0) is 10.1. The largest absolute Gasteiger partial charge is 0.378 e. The van der Waals surface area contributed by atoms with Crippen molar-refractivity contribution in [2.75, 3.05) is 18.5 Å². The van der Waals surface area contributed by atoms with Crippen molar-refractivity contribution in [1.82, 2.24) is 0 Å². The van der Waals surface area contributed by atoms with Gasteiger partial charge in [-0.15, -0.1) is 0 Å². The Balaban J connectivity index is 2.17. The second-order valence-corrected chi connectivity index (χ2v) is 4.33. The molecule has 1 saturated heterocycles. The molecule has 1 aromatic rings. The third kappa shape index (κ3) is 2.02. The number of halogens is 3. The number of benzene rings is 1. The summed E-state index contributed by atoms with van der Waals surface area (Å²) >= 11 is 8.86. The maximum absolute atomic E-state index is 13.2. The molecule has 0 unspecified atom stereocenters. The van der Waals surface area contributed by atoms with Crippen molar-refractivity contribution in [3.05, 3.63) is 27.4 Å². The summed E-state index contributed by atoms with van der Waals surface area (Å²) in [5, 5.41) is 3.49. The molecule has 0 saturated carbocycles. The molecular weight excluding hydrogens is 272 g/mol. The number of rotatable bonds is 2. The summed E-state index contributed by atoms with van der Waals surface area (Å²) in [6.07, 6.45) is 0. The molecule has 1 heterocycles. The van der Waals surface area contributed by atoms with Crippen LogP contribution in [-0.2, 0) is 4.74 Å². The first-order chi connectivity index (χ1) is 6.66. The van der Waals surface area contributed by atoms with Crippen LogP contribution in [0.25, 0.3) is 0 Å². The molecule has 0 atom stereocenters. The zero-order valence-electron chi connectivity index (χ0n) is 7.19. The maximum Gasteiger partial charge on any atom is 0.140 e. The van der Waals surface area contributed by atoms with E-state index in [1.165, 1.54) is 6.07 Å². The van der Waals surface area contributed by atoms with Crippen LogP contribution in [-0.4, -0.2) is 19.3 Å². The molecule has 76 valence electrons. The molecule has 0 aromatic heterocycles. The van der Waals surface area contributed by atoms with E-state index in [1.54, 1.807) is 6.07 Å². The fourth-order valence-corrected chi connectivity index (χ4v) is 1.63. The molecule has 1 aliphatic rings. The molecular formula is C9H8BrClFNO. The first kappa shape index (κ1) is 10.2. The molecule has 1 fully saturated rings. The van der Waals surface area contributed by atoms with Crippen LogP contribution in [0.2, 0.25) is 5.02 Å². The van der Waals surface area contributed by atoms with Crippen molar-refractivity contribution in [2.24, 2.45) is 0 Å². The predicted octanol–water partition coefficient (Wildman–Crippen LogP) is 3.05. The molecule has 0 radical (unpaired) electrons. The van der Waals surface area contributed by atoms with Crippen LogP contribution < -0.4 is 5.32 Å². The van der Waals surface area contributed by atoms with E-state index in [2.05, 4.69) is 21.2 Å². The first-order valence-electron chi connectivity index (χ1n) is 4.15. The van der Waals surface area contributed by atoms with Crippen LogP contribution >= 0.6 is 27.5 Å². The lowest BCUT2D eigenvalue weighted by molar-refractivity contribution is 0.0211. The van der Waals surface area contributed by atoms with E-state index in [9.17, 15) is 4.39 Å². The molecule has 1 N–H and O–H groups in total. The predicted molar refractivity (Wildman–Crippen MR) is 57.3 cm³/mol. The van der Waals surface area contributed by atoms with Gasteiger partial charge in [-0.2, -0.15) is 0 Å². The minimum absolute atomic E-state index is 0.270. The number of hydrogen-bond acceptors (Lipinski definition) is 2. The average Bonchev–Trinajstić information content (AvgIpc) is 2.07. The summed E-state index contributed by atoms with van der Waals surface area (Å²) < 4.78 is 18.5. The lowest BCUT2D eigenvalue weighted by Crippen LogP contribution is -2.40. The Morgan fingerprint density at radius 2 is 2.21 bits per heavy atom. The lowest BCUT2D eigenvalue weighted by Gasteiger charge is -2.27. The van der Waals surface area contributed by atoms with Gasteiger partial charge < -0.3 is 10.1 Å². The van der Waals surface area contributed by atoms with Gasteiger partial charge in [-0.3, -0.25) is 0 Å². The van der Waals surface area contributed by atoms with Gasteiger partial charge in [0.2, 0.25) is 0 Å². The smallest absolute Gasteiger partial charge is 0.140 e. The van der Waals surface area contributed by atoms with Gasteiger partial charge in [0.25, 0.3) is 0 Å². The highest BCUT2D eigenvalue weighted by atomic mass is 79.9. The van der Waals surface area contributed by atoms with Crippen molar-refractivity contribution in [1.29, 1.82) is 0 Å². The van der Waals surface area contributed by atoms with Crippen molar-refractivity contribution in [3.8, 4) is 0 Å². The van der Waals surface area contributed by atoms with Gasteiger partial charge in [-0.1, -0.05) is 11.6 Å². The molecule has 2 nitrogen and oxygen atoms in total. The minimum Gasteiger partial charge on any atom is -0.378 e. The van der Waals surface area contributed by atoms with E-state index in [1.807, 2.05) is 0 Å². The Kier molecular flexibility index (Phi) is 2.95. The molecule has 1 aliphatic heterocycles. The number of hydrogen-bond donors (Lipinski definition) is 1. The summed E-state index contributed by atoms with van der Waals surface area (Å²) in [7, 11) is 0. The lowest BCUT2D eigenvalue weighted by atomic mass is 10.2. The van der Waals surface area contributed by atoms with Crippen LogP contribution in [0.15, 0.2) is 16.6 Å². The van der Waals surface area contributed by atoms with Gasteiger partial charge in [-0.25, -0.2) is 4.39 Å². The highest BCUT2D eigenvalue weighted by Crippen LogP contribution is 2.29. The van der Waals surface area contributed by atoms with Gasteiger partial charge >= 0.3 is 0 Å². The van der Waals surface area contributed by atoms with Gasteiger partial charge in [0.05, 0.1) is 28.8 Å². The Bertz CT molecular complexity index is 334. The molecule has 0 spiro atoms. The minimum atomic E-state index is -0.361. The second-order valence-electron chi connectivity index (χ2n) is 3.13. The molecule has 1 aromatic carbocycles. The molecule has 14 heavy (non-hydrogen) atoms. The second kappa shape index (κ2) is 4.04. The standard InChI is InChI=1S/C9H8BrClFNO/c10-9-7(11)1-5(2-8(9)12)13-6-3-14-4-6/h1-2,6,13H,3-4H2. The van der Waals surface area contributed by atoms with E-state index in [4.69, 9.17) is 16.3 Å². The number of ether oxygens (including phenoxy) is 1. The third-order valence-corrected chi connectivity index (χ3v) is 3.32. The van der Waals surface area contributed by atoms with Crippen molar-refractivity contribution < 1.29 is 9.13 Å². The number of nitrogens with one attached hydrogen (secondary N) is 1. The summed E-state index contributed by atoms with van der Waals surface area (Å²) in [5.74, 6) is -0.361. The molecule has 0 aliphatic carbocycles. The zero-order valence-corrected chi connectivity index (χ0v) is 9.53. The third-order valence-electron chi connectivity index (χ3n) is 1.99. The first-order valence-corrected chi connectivity index (χ1v) is 5.33. The van der Waals surface area contributed by atoms with Gasteiger partial charge in [0, 0.05) is 5.69 Å². The van der Waals surface area contributed by atoms with Gasteiger partial charge in [-0.05, 0) is 28.1 Å². The molecule has 0 bridgehead atoms. The fraction of sp³-hybridized carbons (Fsp3) is 0.333.